The highest BCUT2D eigenvalue weighted by molar-refractivity contribution is 8.00. The first-order chi connectivity index (χ1) is 11.6. The van der Waals surface area contributed by atoms with Crippen molar-refractivity contribution in [3.05, 3.63) is 48.6 Å². The van der Waals surface area contributed by atoms with Crippen molar-refractivity contribution < 1.29 is 13.9 Å². The fourth-order valence-electron chi connectivity index (χ4n) is 2.00. The van der Waals surface area contributed by atoms with E-state index in [2.05, 4.69) is 16.8 Å². The number of allylic oxidation sites excluding steroid dienone is 1. The van der Waals surface area contributed by atoms with Crippen LogP contribution in [-0.4, -0.2) is 25.9 Å². The Bertz CT molecular complexity index is 720. The summed E-state index contributed by atoms with van der Waals surface area (Å²) in [7, 11) is 0. The van der Waals surface area contributed by atoms with Crippen molar-refractivity contribution in [3.8, 4) is 5.75 Å². The number of carbonyl (C=O) groups is 1. The number of para-hydroxylation sites is 1. The summed E-state index contributed by atoms with van der Waals surface area (Å²) >= 11 is 1.25. The largest absolute Gasteiger partial charge is 0.483 e. The lowest BCUT2D eigenvalue weighted by Gasteiger charge is -2.12. The summed E-state index contributed by atoms with van der Waals surface area (Å²) in [5, 5.41) is 8.32. The molecule has 1 aromatic heterocycles. The van der Waals surface area contributed by atoms with E-state index in [1.165, 1.54) is 17.8 Å². The Morgan fingerprint density at radius 3 is 2.88 bits per heavy atom. The molecular weight excluding hydrogens is 331 g/mol. The molecule has 0 saturated heterocycles. The smallest absolute Gasteiger partial charge is 0.231 e. The van der Waals surface area contributed by atoms with Crippen LogP contribution in [0.25, 0.3) is 0 Å². The number of amides is 1. The average Bonchev–Trinajstić information content (AvgIpc) is 2.94. The predicted molar refractivity (Wildman–Crippen MR) is 90.1 cm³/mol. The normalized spacial score (nSPS) is 11.9. The second-order valence-corrected chi connectivity index (χ2v) is 6.10. The third kappa shape index (κ3) is 4.35. The number of thioether (sulfide) groups is 1. The number of hydrogen-bond donors (Lipinski definition) is 1. The maximum atomic E-state index is 13.6. The molecule has 24 heavy (non-hydrogen) atoms. The van der Waals surface area contributed by atoms with Crippen LogP contribution in [0, 0.1) is 5.82 Å². The Morgan fingerprint density at radius 2 is 2.25 bits per heavy atom. The molecular formula is C16H19FN4O2S. The third-order valence-electron chi connectivity index (χ3n) is 3.23. The van der Waals surface area contributed by atoms with Crippen LogP contribution in [0.2, 0.25) is 0 Å². The summed E-state index contributed by atoms with van der Waals surface area (Å²) in [6.07, 6.45) is 2.27. The summed E-state index contributed by atoms with van der Waals surface area (Å²) in [6.45, 7) is 6.08. The zero-order valence-electron chi connectivity index (χ0n) is 13.3. The van der Waals surface area contributed by atoms with Gasteiger partial charge in [-0.2, -0.15) is 0 Å². The number of ether oxygens (including phenoxy) is 1. The summed E-state index contributed by atoms with van der Waals surface area (Å²) in [5.41, 5.74) is 5.37. The van der Waals surface area contributed by atoms with Gasteiger partial charge in [0.05, 0.1) is 5.25 Å². The summed E-state index contributed by atoms with van der Waals surface area (Å²) in [6, 6.07) is 6.14. The molecule has 0 fully saturated rings. The second kappa shape index (κ2) is 8.49. The molecule has 0 aliphatic heterocycles. The van der Waals surface area contributed by atoms with E-state index in [0.717, 1.165) is 0 Å². The maximum Gasteiger partial charge on any atom is 0.231 e. The lowest BCUT2D eigenvalue weighted by Crippen LogP contribution is -2.25. The Hall–Kier alpha value is -2.35. The van der Waals surface area contributed by atoms with Crippen LogP contribution in [0.1, 0.15) is 19.2 Å². The molecule has 1 heterocycles. The quantitative estimate of drug-likeness (QED) is 0.555. The maximum absolute atomic E-state index is 13.6. The molecule has 0 aliphatic carbocycles. The van der Waals surface area contributed by atoms with Crippen LogP contribution in [0.15, 0.2) is 42.1 Å². The molecule has 0 bridgehead atoms. The zero-order valence-corrected chi connectivity index (χ0v) is 14.1. The average molecular weight is 350 g/mol. The zero-order chi connectivity index (χ0) is 17.5. The minimum absolute atomic E-state index is 0.0513. The Balaban J connectivity index is 2.17. The summed E-state index contributed by atoms with van der Waals surface area (Å²) < 4.78 is 20.8. The molecule has 2 aromatic rings. The van der Waals surface area contributed by atoms with Gasteiger partial charge in [-0.25, -0.2) is 4.39 Å². The van der Waals surface area contributed by atoms with Crippen molar-refractivity contribution >= 4 is 17.7 Å². The number of rotatable bonds is 9. The molecule has 1 aromatic carbocycles. The van der Waals surface area contributed by atoms with Gasteiger partial charge in [0.25, 0.3) is 0 Å². The van der Waals surface area contributed by atoms with Gasteiger partial charge in [-0.3, -0.25) is 9.36 Å². The van der Waals surface area contributed by atoms with Crippen molar-refractivity contribution in [2.75, 3.05) is 0 Å². The standard InChI is InChI=1S/C16H19FN4O2S/c1-3-9-21-14(10-23-12-8-6-5-7-11(12)17)19-20-16(21)24-13(4-2)15(18)22/h3,5-8,13H,1,4,9-10H2,2H3,(H2,18,22). The highest BCUT2D eigenvalue weighted by Crippen LogP contribution is 2.25. The molecule has 8 heteroatoms. The molecule has 1 amide bonds. The molecule has 1 atom stereocenters. The molecule has 0 saturated carbocycles. The van der Waals surface area contributed by atoms with Crippen LogP contribution in [0.3, 0.4) is 0 Å². The van der Waals surface area contributed by atoms with Crippen LogP contribution in [0.5, 0.6) is 5.75 Å². The SMILES string of the molecule is C=CCn1c(COc2ccccc2F)nnc1SC(CC)C(N)=O. The summed E-state index contributed by atoms with van der Waals surface area (Å²) in [5.74, 6) is -0.190. The number of carbonyl (C=O) groups excluding carboxylic acids is 1. The molecule has 128 valence electrons. The summed E-state index contributed by atoms with van der Waals surface area (Å²) in [4.78, 5) is 11.4. The number of nitrogens with zero attached hydrogens (tertiary/aromatic N) is 3. The first kappa shape index (κ1) is 18.0. The number of halogens is 1. The van der Waals surface area contributed by atoms with Gasteiger partial charge in [0.1, 0.15) is 6.61 Å². The van der Waals surface area contributed by atoms with Crippen LogP contribution in [0.4, 0.5) is 4.39 Å². The molecule has 1 unspecified atom stereocenters. The van der Waals surface area contributed by atoms with Crippen molar-refractivity contribution in [2.45, 2.75) is 36.9 Å². The molecule has 0 spiro atoms. The Kier molecular flexibility index (Phi) is 6.36. The minimum Gasteiger partial charge on any atom is -0.483 e. The van der Waals surface area contributed by atoms with Crippen LogP contribution in [-0.2, 0) is 17.9 Å². The van der Waals surface area contributed by atoms with Crippen molar-refractivity contribution in [3.63, 3.8) is 0 Å². The van der Waals surface area contributed by atoms with E-state index in [1.807, 2.05) is 6.92 Å². The highest BCUT2D eigenvalue weighted by Gasteiger charge is 2.20. The van der Waals surface area contributed by atoms with E-state index in [-0.39, 0.29) is 12.4 Å². The van der Waals surface area contributed by atoms with Crippen molar-refractivity contribution in [1.82, 2.24) is 14.8 Å². The van der Waals surface area contributed by atoms with E-state index in [4.69, 9.17) is 10.5 Å². The van der Waals surface area contributed by atoms with Gasteiger partial charge < -0.3 is 10.5 Å². The van der Waals surface area contributed by atoms with Gasteiger partial charge in [-0.05, 0) is 18.6 Å². The molecule has 0 aliphatic rings. The van der Waals surface area contributed by atoms with Crippen LogP contribution < -0.4 is 10.5 Å². The lowest BCUT2D eigenvalue weighted by atomic mass is 10.3. The lowest BCUT2D eigenvalue weighted by molar-refractivity contribution is -0.117. The molecule has 2 rings (SSSR count). The van der Waals surface area contributed by atoms with Gasteiger partial charge >= 0.3 is 0 Å². The van der Waals surface area contributed by atoms with Gasteiger partial charge in [-0.15, -0.1) is 16.8 Å². The number of aromatic nitrogens is 3. The number of hydrogen-bond acceptors (Lipinski definition) is 5. The molecule has 2 N–H and O–H groups in total. The van der Waals surface area contributed by atoms with E-state index >= 15 is 0 Å². The minimum atomic E-state index is -0.443. The van der Waals surface area contributed by atoms with E-state index in [1.54, 1.807) is 28.8 Å². The topological polar surface area (TPSA) is 83.0 Å². The van der Waals surface area contributed by atoms with Crippen LogP contribution >= 0.6 is 11.8 Å². The third-order valence-corrected chi connectivity index (χ3v) is 4.60. The van der Waals surface area contributed by atoms with E-state index in [9.17, 15) is 9.18 Å². The Morgan fingerprint density at radius 1 is 1.50 bits per heavy atom. The van der Waals surface area contributed by atoms with Gasteiger partial charge in [0, 0.05) is 6.54 Å². The first-order valence-corrected chi connectivity index (χ1v) is 8.31. The fourth-order valence-corrected chi connectivity index (χ4v) is 2.93. The van der Waals surface area contributed by atoms with E-state index in [0.29, 0.717) is 23.9 Å². The van der Waals surface area contributed by atoms with Gasteiger partial charge in [-0.1, -0.05) is 36.9 Å². The van der Waals surface area contributed by atoms with Crippen molar-refractivity contribution in [1.29, 1.82) is 0 Å². The van der Waals surface area contributed by atoms with Gasteiger partial charge in [0.2, 0.25) is 5.91 Å². The predicted octanol–water partition coefficient (Wildman–Crippen LogP) is 2.54. The Labute approximate surface area is 143 Å². The monoisotopic (exact) mass is 350 g/mol. The van der Waals surface area contributed by atoms with Gasteiger partial charge in [0.15, 0.2) is 22.5 Å². The number of nitrogens with two attached hydrogens (primary N) is 1. The highest BCUT2D eigenvalue weighted by atomic mass is 32.2. The second-order valence-electron chi connectivity index (χ2n) is 4.93. The van der Waals surface area contributed by atoms with Crippen molar-refractivity contribution in [2.24, 2.45) is 5.73 Å². The fraction of sp³-hybridized carbons (Fsp3) is 0.312. The number of primary amides is 1. The number of benzene rings is 1. The van der Waals surface area contributed by atoms with E-state index < -0.39 is 17.0 Å². The molecule has 0 radical (unpaired) electrons. The molecule has 6 nitrogen and oxygen atoms in total. The first-order valence-electron chi connectivity index (χ1n) is 7.43.